The summed E-state index contributed by atoms with van der Waals surface area (Å²) in [5.74, 6) is 1.83. The van der Waals surface area contributed by atoms with Gasteiger partial charge in [0, 0.05) is 10.9 Å². The number of fused-ring (bicyclic) bond motifs is 11. The fourth-order valence-corrected chi connectivity index (χ4v) is 8.96. The fraction of sp³-hybridized carbons (Fsp3) is 0.0222. The zero-order valence-corrected chi connectivity index (χ0v) is 24.9. The van der Waals surface area contributed by atoms with Gasteiger partial charge >= 0.3 is 0 Å². The van der Waals surface area contributed by atoms with Crippen molar-refractivity contribution < 1.29 is 4.74 Å². The first-order valence-electron chi connectivity index (χ1n) is 16.0. The standard InChI is InChI=1S/C45H26O/c1-4-20-36-31(14-1)33-18-7-11-27-12-9-22-38(42(27)33)45(36)37-21-5-2-16-35(37)44-30(17-10-23-39(44)45)29-25-28-13-8-19-34-32-15-3-6-24-40(32)46-41(26-29)43(28)34/h1-26H. The third-order valence-corrected chi connectivity index (χ3v) is 10.6. The molecule has 1 heteroatoms. The van der Waals surface area contributed by atoms with Crippen molar-refractivity contribution >= 4 is 21.5 Å². The van der Waals surface area contributed by atoms with Gasteiger partial charge < -0.3 is 4.74 Å². The largest absolute Gasteiger partial charge is 0.456 e. The number of rotatable bonds is 1. The van der Waals surface area contributed by atoms with Crippen LogP contribution >= 0.6 is 0 Å². The summed E-state index contributed by atoms with van der Waals surface area (Å²) in [7, 11) is 0. The van der Waals surface area contributed by atoms with Crippen LogP contribution in [0.25, 0.3) is 66.1 Å². The number of benzene rings is 8. The van der Waals surface area contributed by atoms with E-state index in [0.29, 0.717) is 0 Å². The van der Waals surface area contributed by atoms with Crippen molar-refractivity contribution in [1.29, 1.82) is 0 Å². The Morgan fingerprint density at radius 1 is 0.348 bits per heavy atom. The van der Waals surface area contributed by atoms with Gasteiger partial charge in [0.2, 0.25) is 0 Å². The minimum absolute atomic E-state index is 0.430. The molecule has 1 heterocycles. The second-order valence-electron chi connectivity index (χ2n) is 12.8. The number of hydrogen-bond acceptors (Lipinski definition) is 1. The SMILES string of the molecule is c1ccc2c(c1)Oc1cc(-c3cccc4c3-c3ccccc3C43c4ccccc4-c4cccc5cccc3c45)cc3cccc-2c13. The predicted octanol–water partition coefficient (Wildman–Crippen LogP) is 11.8. The van der Waals surface area contributed by atoms with Gasteiger partial charge in [0.15, 0.2) is 0 Å². The molecule has 2 aliphatic carbocycles. The first-order valence-corrected chi connectivity index (χ1v) is 16.0. The molecule has 1 nitrogen and oxygen atoms in total. The van der Waals surface area contributed by atoms with Gasteiger partial charge in [-0.1, -0.05) is 140 Å². The van der Waals surface area contributed by atoms with E-state index in [4.69, 9.17) is 4.74 Å². The Hall–Kier alpha value is -5.92. The minimum Gasteiger partial charge on any atom is -0.456 e. The Balaban J connectivity index is 1.25. The van der Waals surface area contributed by atoms with Crippen LogP contribution in [0.1, 0.15) is 22.3 Å². The second-order valence-corrected chi connectivity index (χ2v) is 12.8. The molecular weight excluding hydrogens is 556 g/mol. The Kier molecular flexibility index (Phi) is 4.57. The van der Waals surface area contributed by atoms with Crippen LogP contribution in [0.4, 0.5) is 0 Å². The van der Waals surface area contributed by atoms with E-state index in [1.54, 1.807) is 0 Å². The smallest absolute Gasteiger partial charge is 0.136 e. The van der Waals surface area contributed by atoms with E-state index in [1.165, 1.54) is 82.7 Å². The molecule has 0 fully saturated rings. The van der Waals surface area contributed by atoms with E-state index in [1.807, 2.05) is 0 Å². The minimum atomic E-state index is -0.430. The van der Waals surface area contributed by atoms with Crippen LogP contribution in [0.3, 0.4) is 0 Å². The zero-order chi connectivity index (χ0) is 30.0. The lowest BCUT2D eigenvalue weighted by Gasteiger charge is -2.40. The summed E-state index contributed by atoms with van der Waals surface area (Å²) in [4.78, 5) is 0. The maximum Gasteiger partial charge on any atom is 0.136 e. The molecule has 0 saturated carbocycles. The molecule has 1 aliphatic heterocycles. The molecule has 46 heavy (non-hydrogen) atoms. The van der Waals surface area contributed by atoms with Crippen molar-refractivity contribution in [2.75, 3.05) is 0 Å². The van der Waals surface area contributed by atoms with Crippen LogP contribution in [-0.4, -0.2) is 0 Å². The lowest BCUT2D eigenvalue weighted by molar-refractivity contribution is 0.487. The van der Waals surface area contributed by atoms with E-state index < -0.39 is 5.41 Å². The van der Waals surface area contributed by atoms with Gasteiger partial charge in [-0.2, -0.15) is 0 Å². The van der Waals surface area contributed by atoms with Crippen molar-refractivity contribution in [2.45, 2.75) is 5.41 Å². The van der Waals surface area contributed by atoms with Crippen LogP contribution < -0.4 is 4.74 Å². The Morgan fingerprint density at radius 3 is 1.76 bits per heavy atom. The number of hydrogen-bond donors (Lipinski definition) is 0. The third kappa shape index (κ3) is 2.87. The number of para-hydroxylation sites is 1. The second kappa shape index (κ2) is 8.62. The highest BCUT2D eigenvalue weighted by atomic mass is 16.5. The van der Waals surface area contributed by atoms with Gasteiger partial charge in [0.05, 0.1) is 5.41 Å². The van der Waals surface area contributed by atoms with E-state index in [0.717, 1.165) is 17.1 Å². The molecule has 0 bridgehead atoms. The quantitative estimate of drug-likeness (QED) is 0.187. The maximum absolute atomic E-state index is 6.63. The van der Waals surface area contributed by atoms with E-state index in [9.17, 15) is 0 Å². The van der Waals surface area contributed by atoms with Crippen LogP contribution in [0.15, 0.2) is 158 Å². The summed E-state index contributed by atoms with van der Waals surface area (Å²) < 4.78 is 6.63. The first kappa shape index (κ1) is 24.4. The van der Waals surface area contributed by atoms with Gasteiger partial charge in [0.1, 0.15) is 11.5 Å². The van der Waals surface area contributed by atoms with Gasteiger partial charge in [-0.25, -0.2) is 0 Å². The fourth-order valence-electron chi connectivity index (χ4n) is 8.96. The van der Waals surface area contributed by atoms with Crippen molar-refractivity contribution in [2.24, 2.45) is 0 Å². The summed E-state index contributed by atoms with van der Waals surface area (Å²) in [6, 6.07) is 58.3. The molecular formula is C45H26O. The summed E-state index contributed by atoms with van der Waals surface area (Å²) >= 11 is 0. The molecule has 8 aromatic rings. The Bertz CT molecular complexity index is 2620. The average molecular weight is 583 g/mol. The lowest BCUT2D eigenvalue weighted by atomic mass is 9.61. The first-order chi connectivity index (χ1) is 22.8. The lowest BCUT2D eigenvalue weighted by Crippen LogP contribution is -2.31. The van der Waals surface area contributed by atoms with Crippen molar-refractivity contribution in [3.8, 4) is 56.0 Å². The van der Waals surface area contributed by atoms with Crippen LogP contribution in [0, 0.1) is 0 Å². The zero-order valence-electron chi connectivity index (χ0n) is 24.9. The normalized spacial score (nSPS) is 16.1. The molecule has 1 atom stereocenters. The Morgan fingerprint density at radius 2 is 0.913 bits per heavy atom. The molecule has 0 radical (unpaired) electrons. The third-order valence-electron chi connectivity index (χ3n) is 10.6. The van der Waals surface area contributed by atoms with Gasteiger partial charge in [0.25, 0.3) is 0 Å². The highest BCUT2D eigenvalue weighted by Crippen LogP contribution is 2.63. The van der Waals surface area contributed by atoms with Gasteiger partial charge in [-0.15, -0.1) is 0 Å². The van der Waals surface area contributed by atoms with Crippen LogP contribution in [0.5, 0.6) is 11.5 Å². The van der Waals surface area contributed by atoms with Crippen molar-refractivity contribution in [3.63, 3.8) is 0 Å². The molecule has 0 amide bonds. The maximum atomic E-state index is 6.63. The highest BCUT2D eigenvalue weighted by Gasteiger charge is 2.50. The van der Waals surface area contributed by atoms with Gasteiger partial charge in [-0.05, 0) is 95.6 Å². The average Bonchev–Trinajstić information content (AvgIpc) is 3.41. The molecule has 1 unspecified atom stereocenters. The van der Waals surface area contributed by atoms with Crippen molar-refractivity contribution in [1.82, 2.24) is 0 Å². The van der Waals surface area contributed by atoms with Crippen LogP contribution in [0.2, 0.25) is 0 Å². The van der Waals surface area contributed by atoms with E-state index in [2.05, 4.69) is 158 Å². The summed E-state index contributed by atoms with van der Waals surface area (Å²) in [5, 5.41) is 5.01. The molecule has 8 aromatic carbocycles. The van der Waals surface area contributed by atoms with E-state index >= 15 is 0 Å². The van der Waals surface area contributed by atoms with Gasteiger partial charge in [-0.3, -0.25) is 0 Å². The summed E-state index contributed by atoms with van der Waals surface area (Å²) in [6.45, 7) is 0. The molecule has 0 aromatic heterocycles. The molecule has 212 valence electrons. The predicted molar refractivity (Wildman–Crippen MR) is 189 cm³/mol. The van der Waals surface area contributed by atoms with Crippen molar-refractivity contribution in [3.05, 3.63) is 180 Å². The highest BCUT2D eigenvalue weighted by molar-refractivity contribution is 6.10. The Labute approximate surface area is 267 Å². The topological polar surface area (TPSA) is 9.23 Å². The summed E-state index contributed by atoms with van der Waals surface area (Å²) in [6.07, 6.45) is 0. The molecule has 11 rings (SSSR count). The van der Waals surface area contributed by atoms with E-state index in [-0.39, 0.29) is 0 Å². The monoisotopic (exact) mass is 582 g/mol. The molecule has 1 spiro atoms. The summed E-state index contributed by atoms with van der Waals surface area (Å²) in [5.41, 5.74) is 15.0. The van der Waals surface area contributed by atoms with Crippen LogP contribution in [-0.2, 0) is 5.41 Å². The molecule has 0 N–H and O–H groups in total. The molecule has 0 saturated heterocycles. The molecule has 3 aliphatic rings. The number of ether oxygens (including phenoxy) is 1.